The minimum absolute atomic E-state index is 0.130. The number of nitrogens with one attached hydrogen (secondary N) is 1. The number of morpholine rings is 1. The van der Waals surface area contributed by atoms with Crippen molar-refractivity contribution in [2.24, 2.45) is 0 Å². The molecule has 100 valence electrons. The minimum Gasteiger partial charge on any atom is -0.383 e. The van der Waals surface area contributed by atoms with Gasteiger partial charge < -0.3 is 14.5 Å². The molecule has 1 saturated heterocycles. The Hall–Kier alpha value is -1.24. The SMILES string of the molecule is COCCN1CCOC(c2nc(C)cc(=O)[nH]2)C1. The maximum Gasteiger partial charge on any atom is 0.251 e. The maximum absolute atomic E-state index is 11.4. The molecule has 1 aliphatic rings. The van der Waals surface area contributed by atoms with Gasteiger partial charge in [0, 0.05) is 38.5 Å². The summed E-state index contributed by atoms with van der Waals surface area (Å²) in [4.78, 5) is 20.8. The largest absolute Gasteiger partial charge is 0.383 e. The maximum atomic E-state index is 11.4. The van der Waals surface area contributed by atoms with E-state index in [2.05, 4.69) is 14.9 Å². The van der Waals surface area contributed by atoms with Crippen LogP contribution in [0.4, 0.5) is 0 Å². The molecule has 18 heavy (non-hydrogen) atoms. The first-order valence-corrected chi connectivity index (χ1v) is 6.10. The number of hydrogen-bond donors (Lipinski definition) is 1. The average Bonchev–Trinajstić information content (AvgIpc) is 2.35. The Morgan fingerprint density at radius 1 is 1.67 bits per heavy atom. The summed E-state index contributed by atoms with van der Waals surface area (Å²) in [5.41, 5.74) is 0.585. The van der Waals surface area contributed by atoms with Crippen LogP contribution in [-0.2, 0) is 9.47 Å². The highest BCUT2D eigenvalue weighted by Crippen LogP contribution is 2.18. The number of aromatic nitrogens is 2. The molecule has 0 aliphatic carbocycles. The molecule has 0 radical (unpaired) electrons. The van der Waals surface area contributed by atoms with Crippen LogP contribution in [0.2, 0.25) is 0 Å². The van der Waals surface area contributed by atoms with Crippen molar-refractivity contribution in [1.82, 2.24) is 14.9 Å². The predicted molar refractivity (Wildman–Crippen MR) is 66.6 cm³/mol. The van der Waals surface area contributed by atoms with Gasteiger partial charge in [0.15, 0.2) is 0 Å². The summed E-state index contributed by atoms with van der Waals surface area (Å²) in [5, 5.41) is 0. The van der Waals surface area contributed by atoms with Crippen LogP contribution in [0.5, 0.6) is 0 Å². The van der Waals surface area contributed by atoms with E-state index in [1.807, 2.05) is 6.92 Å². The van der Waals surface area contributed by atoms with Crippen LogP contribution in [0.25, 0.3) is 0 Å². The predicted octanol–water partition coefficient (Wildman–Crippen LogP) is 0.0980. The van der Waals surface area contributed by atoms with Crippen LogP contribution in [-0.4, -0.2) is 54.8 Å². The summed E-state index contributed by atoms with van der Waals surface area (Å²) in [5.74, 6) is 0.613. The monoisotopic (exact) mass is 253 g/mol. The van der Waals surface area contributed by atoms with E-state index in [-0.39, 0.29) is 11.7 Å². The van der Waals surface area contributed by atoms with Crippen LogP contribution in [0.1, 0.15) is 17.6 Å². The molecule has 0 aromatic carbocycles. The van der Waals surface area contributed by atoms with Gasteiger partial charge >= 0.3 is 0 Å². The first-order valence-electron chi connectivity index (χ1n) is 6.10. The van der Waals surface area contributed by atoms with Gasteiger partial charge in [0.1, 0.15) is 11.9 Å². The highest BCUT2D eigenvalue weighted by atomic mass is 16.5. The van der Waals surface area contributed by atoms with Crippen LogP contribution in [0.3, 0.4) is 0 Å². The van der Waals surface area contributed by atoms with Crippen molar-refractivity contribution in [1.29, 1.82) is 0 Å². The summed E-state index contributed by atoms with van der Waals surface area (Å²) in [6, 6.07) is 1.48. The molecule has 2 heterocycles. The van der Waals surface area contributed by atoms with E-state index in [1.165, 1.54) is 6.07 Å². The number of aryl methyl sites for hydroxylation is 1. The lowest BCUT2D eigenvalue weighted by Crippen LogP contribution is -2.41. The fraction of sp³-hybridized carbons (Fsp3) is 0.667. The quantitative estimate of drug-likeness (QED) is 0.824. The van der Waals surface area contributed by atoms with Crippen LogP contribution in [0, 0.1) is 6.92 Å². The molecule has 1 N–H and O–H groups in total. The van der Waals surface area contributed by atoms with Gasteiger partial charge in [-0.1, -0.05) is 0 Å². The molecule has 0 spiro atoms. The second-order valence-corrected chi connectivity index (χ2v) is 4.42. The molecule has 1 fully saturated rings. The van der Waals surface area contributed by atoms with E-state index >= 15 is 0 Å². The van der Waals surface area contributed by atoms with Crippen molar-refractivity contribution in [3.8, 4) is 0 Å². The van der Waals surface area contributed by atoms with Gasteiger partial charge in [-0.25, -0.2) is 4.98 Å². The van der Waals surface area contributed by atoms with Crippen molar-refractivity contribution in [2.75, 3.05) is 40.0 Å². The fourth-order valence-electron chi connectivity index (χ4n) is 2.05. The number of ether oxygens (including phenoxy) is 2. The Bertz CT molecular complexity index is 446. The molecule has 0 saturated carbocycles. The van der Waals surface area contributed by atoms with Gasteiger partial charge in [-0.15, -0.1) is 0 Å². The Kier molecular flexibility index (Phi) is 4.46. The van der Waals surface area contributed by atoms with E-state index < -0.39 is 0 Å². The molecule has 2 rings (SSSR count). The van der Waals surface area contributed by atoms with E-state index in [0.717, 1.165) is 19.6 Å². The third kappa shape index (κ3) is 3.38. The topological polar surface area (TPSA) is 67.5 Å². The highest BCUT2D eigenvalue weighted by molar-refractivity contribution is 5.03. The summed E-state index contributed by atoms with van der Waals surface area (Å²) in [6.07, 6.45) is -0.164. The molecule has 6 nitrogen and oxygen atoms in total. The zero-order valence-electron chi connectivity index (χ0n) is 10.8. The summed E-state index contributed by atoms with van der Waals surface area (Å²) in [6.45, 7) is 5.64. The normalized spacial score (nSPS) is 21.1. The Morgan fingerprint density at radius 2 is 2.50 bits per heavy atom. The van der Waals surface area contributed by atoms with Crippen molar-refractivity contribution in [3.05, 3.63) is 27.9 Å². The lowest BCUT2D eigenvalue weighted by molar-refractivity contribution is -0.0398. The van der Waals surface area contributed by atoms with Gasteiger partial charge in [-0.2, -0.15) is 0 Å². The fourth-order valence-corrected chi connectivity index (χ4v) is 2.05. The van der Waals surface area contributed by atoms with Crippen molar-refractivity contribution < 1.29 is 9.47 Å². The lowest BCUT2D eigenvalue weighted by Gasteiger charge is -2.32. The second kappa shape index (κ2) is 6.08. The molecule has 1 aromatic heterocycles. The average molecular weight is 253 g/mol. The van der Waals surface area contributed by atoms with Gasteiger partial charge in [0.25, 0.3) is 5.56 Å². The van der Waals surface area contributed by atoms with E-state index in [4.69, 9.17) is 9.47 Å². The summed E-state index contributed by atoms with van der Waals surface area (Å²) >= 11 is 0. The van der Waals surface area contributed by atoms with Gasteiger partial charge in [-0.05, 0) is 6.92 Å². The molecule has 6 heteroatoms. The zero-order valence-corrected chi connectivity index (χ0v) is 10.8. The van der Waals surface area contributed by atoms with Crippen LogP contribution in [0.15, 0.2) is 10.9 Å². The standard InChI is InChI=1S/C12H19N3O3/c1-9-7-11(16)14-12(13-9)10-8-15(3-5-17-2)4-6-18-10/h7,10H,3-6,8H2,1-2H3,(H,13,14,16). The Morgan fingerprint density at radius 3 is 3.22 bits per heavy atom. The molecule has 1 atom stereocenters. The van der Waals surface area contributed by atoms with Crippen molar-refractivity contribution in [3.63, 3.8) is 0 Å². The van der Waals surface area contributed by atoms with Crippen molar-refractivity contribution >= 4 is 0 Å². The number of nitrogens with zero attached hydrogens (tertiary/aromatic N) is 2. The molecular formula is C12H19N3O3. The lowest BCUT2D eigenvalue weighted by atomic mass is 10.2. The number of aromatic amines is 1. The first-order chi connectivity index (χ1) is 8.69. The molecule has 1 aromatic rings. The zero-order chi connectivity index (χ0) is 13.0. The minimum atomic E-state index is -0.164. The van der Waals surface area contributed by atoms with Gasteiger partial charge in [0.2, 0.25) is 0 Å². The van der Waals surface area contributed by atoms with E-state index in [9.17, 15) is 4.79 Å². The summed E-state index contributed by atoms with van der Waals surface area (Å²) < 4.78 is 10.7. The molecular weight excluding hydrogens is 234 g/mol. The number of H-pyrrole nitrogens is 1. The van der Waals surface area contributed by atoms with E-state index in [1.54, 1.807) is 7.11 Å². The highest BCUT2D eigenvalue weighted by Gasteiger charge is 2.23. The van der Waals surface area contributed by atoms with Gasteiger partial charge in [-0.3, -0.25) is 9.69 Å². The third-order valence-electron chi connectivity index (χ3n) is 2.96. The van der Waals surface area contributed by atoms with E-state index in [0.29, 0.717) is 24.7 Å². The van der Waals surface area contributed by atoms with Gasteiger partial charge in [0.05, 0.1) is 13.2 Å². The first kappa shape index (κ1) is 13.2. The second-order valence-electron chi connectivity index (χ2n) is 4.42. The Balaban J connectivity index is 2.05. The van der Waals surface area contributed by atoms with Crippen molar-refractivity contribution in [2.45, 2.75) is 13.0 Å². The number of rotatable bonds is 4. The molecule has 1 unspecified atom stereocenters. The smallest absolute Gasteiger partial charge is 0.251 e. The summed E-state index contributed by atoms with van der Waals surface area (Å²) in [7, 11) is 1.69. The van der Waals surface area contributed by atoms with Crippen LogP contribution >= 0.6 is 0 Å². The Labute approximate surface area is 106 Å². The number of methoxy groups -OCH3 is 1. The number of hydrogen-bond acceptors (Lipinski definition) is 5. The third-order valence-corrected chi connectivity index (χ3v) is 2.96. The molecule has 1 aliphatic heterocycles. The molecule has 0 amide bonds. The van der Waals surface area contributed by atoms with Crippen LogP contribution < -0.4 is 5.56 Å². The molecule has 0 bridgehead atoms.